The summed E-state index contributed by atoms with van der Waals surface area (Å²) in [5.41, 5.74) is 0.463. The molecule has 0 radical (unpaired) electrons. The van der Waals surface area contributed by atoms with E-state index < -0.39 is 5.91 Å². The van der Waals surface area contributed by atoms with Gasteiger partial charge in [0.05, 0.1) is 0 Å². The van der Waals surface area contributed by atoms with Crippen molar-refractivity contribution >= 4 is 5.91 Å². The van der Waals surface area contributed by atoms with Crippen molar-refractivity contribution in [2.24, 2.45) is 0 Å². The smallest absolute Gasteiger partial charge is 0.263 e. The van der Waals surface area contributed by atoms with Crippen LogP contribution in [0.5, 0.6) is 0 Å². The van der Waals surface area contributed by atoms with Crippen LogP contribution in [0.4, 0.5) is 4.39 Å². The van der Waals surface area contributed by atoms with Crippen LogP contribution in [0.25, 0.3) is 0 Å². The molecular weight excluding hydrogens is 257 g/mol. The average molecular weight is 275 g/mol. The van der Waals surface area contributed by atoms with E-state index in [9.17, 15) is 9.18 Å². The number of hydrogen-bond donors (Lipinski definition) is 2. The minimum Gasteiger partial charge on any atom is -0.385 e. The lowest BCUT2D eigenvalue weighted by Gasteiger charge is -2.05. The van der Waals surface area contributed by atoms with Crippen LogP contribution in [0.2, 0.25) is 0 Å². The van der Waals surface area contributed by atoms with Gasteiger partial charge >= 0.3 is 0 Å². The lowest BCUT2D eigenvalue weighted by Crippen LogP contribution is -2.26. The minimum absolute atomic E-state index is 0.0163. The van der Waals surface area contributed by atoms with Gasteiger partial charge in [0, 0.05) is 24.9 Å². The molecule has 0 spiro atoms. The minimum atomic E-state index is -0.415. The standard InChI is InChI=1S/C15H18FN3O/c1-2-3-8-19-15(20)13(9-17)11-18-10-12-6-4-5-7-14(12)16/h4-7,11,18H,2-3,8,10H2,1H3,(H,19,20)/b13-11-. The molecule has 0 unspecified atom stereocenters. The number of halogens is 1. The maximum absolute atomic E-state index is 13.4. The van der Waals surface area contributed by atoms with Gasteiger partial charge in [-0.3, -0.25) is 4.79 Å². The molecule has 0 heterocycles. The van der Waals surface area contributed by atoms with Gasteiger partial charge in [-0.25, -0.2) is 4.39 Å². The number of hydrogen-bond acceptors (Lipinski definition) is 3. The Morgan fingerprint density at radius 1 is 1.45 bits per heavy atom. The Kier molecular flexibility index (Phi) is 6.83. The van der Waals surface area contributed by atoms with Crippen LogP contribution in [0.3, 0.4) is 0 Å². The van der Waals surface area contributed by atoms with Gasteiger partial charge in [-0.05, 0) is 12.5 Å². The number of nitrogens with one attached hydrogen (secondary N) is 2. The molecule has 1 aromatic carbocycles. The number of benzene rings is 1. The maximum Gasteiger partial charge on any atom is 0.263 e. The predicted molar refractivity (Wildman–Crippen MR) is 74.9 cm³/mol. The number of amides is 1. The zero-order chi connectivity index (χ0) is 14.8. The SMILES string of the molecule is CCCCNC(=O)/C(C#N)=C\NCc1ccccc1F. The molecule has 0 aromatic heterocycles. The summed E-state index contributed by atoms with van der Waals surface area (Å²) in [6.07, 6.45) is 3.15. The van der Waals surface area contributed by atoms with E-state index in [4.69, 9.17) is 5.26 Å². The highest BCUT2D eigenvalue weighted by Gasteiger charge is 2.07. The van der Waals surface area contributed by atoms with Crippen LogP contribution >= 0.6 is 0 Å². The summed E-state index contributed by atoms with van der Waals surface area (Å²) >= 11 is 0. The normalized spacial score (nSPS) is 10.8. The van der Waals surface area contributed by atoms with Gasteiger partial charge in [0.2, 0.25) is 0 Å². The van der Waals surface area contributed by atoms with Crippen molar-refractivity contribution in [1.29, 1.82) is 5.26 Å². The summed E-state index contributed by atoms with van der Waals surface area (Å²) in [6.45, 7) is 2.78. The molecular formula is C15H18FN3O. The quantitative estimate of drug-likeness (QED) is 0.455. The molecule has 1 rings (SSSR count). The lowest BCUT2D eigenvalue weighted by molar-refractivity contribution is -0.117. The molecule has 0 saturated heterocycles. The number of carbonyl (C=O) groups excluding carboxylic acids is 1. The zero-order valence-corrected chi connectivity index (χ0v) is 11.4. The maximum atomic E-state index is 13.4. The van der Waals surface area contributed by atoms with Gasteiger partial charge in [0.15, 0.2) is 0 Å². The predicted octanol–water partition coefficient (Wildman–Crippen LogP) is 2.24. The van der Waals surface area contributed by atoms with E-state index in [1.165, 1.54) is 12.3 Å². The van der Waals surface area contributed by atoms with Gasteiger partial charge in [-0.2, -0.15) is 5.26 Å². The highest BCUT2D eigenvalue weighted by molar-refractivity contribution is 5.97. The largest absolute Gasteiger partial charge is 0.385 e. The number of unbranched alkanes of at least 4 members (excludes halogenated alkanes) is 1. The van der Waals surface area contributed by atoms with E-state index in [1.807, 2.05) is 13.0 Å². The Morgan fingerprint density at radius 3 is 2.85 bits per heavy atom. The molecule has 0 fully saturated rings. The summed E-state index contributed by atoms with van der Waals surface area (Å²) in [7, 11) is 0. The fourth-order valence-corrected chi connectivity index (χ4v) is 1.53. The Bertz CT molecular complexity index is 520. The third-order valence-corrected chi connectivity index (χ3v) is 2.68. The van der Waals surface area contributed by atoms with Crippen LogP contribution in [-0.2, 0) is 11.3 Å². The van der Waals surface area contributed by atoms with Crippen LogP contribution in [0, 0.1) is 17.1 Å². The molecule has 106 valence electrons. The van der Waals surface area contributed by atoms with E-state index in [2.05, 4.69) is 10.6 Å². The first-order chi connectivity index (χ1) is 9.69. The van der Waals surface area contributed by atoms with Crippen molar-refractivity contribution < 1.29 is 9.18 Å². The molecule has 0 bridgehead atoms. The first-order valence-electron chi connectivity index (χ1n) is 6.54. The molecule has 0 aliphatic carbocycles. The zero-order valence-electron chi connectivity index (χ0n) is 11.4. The second-order valence-corrected chi connectivity index (χ2v) is 4.25. The Hall–Kier alpha value is -2.35. The van der Waals surface area contributed by atoms with Gasteiger partial charge in [-0.1, -0.05) is 31.5 Å². The second kappa shape index (κ2) is 8.70. The third-order valence-electron chi connectivity index (χ3n) is 2.68. The topological polar surface area (TPSA) is 64.9 Å². The van der Waals surface area contributed by atoms with Crippen molar-refractivity contribution in [1.82, 2.24) is 10.6 Å². The van der Waals surface area contributed by atoms with E-state index in [-0.39, 0.29) is 17.9 Å². The van der Waals surface area contributed by atoms with Crippen molar-refractivity contribution in [2.45, 2.75) is 26.3 Å². The van der Waals surface area contributed by atoms with Gasteiger partial charge in [-0.15, -0.1) is 0 Å². The summed E-state index contributed by atoms with van der Waals surface area (Å²) in [5.74, 6) is -0.735. The number of rotatable bonds is 7. The fraction of sp³-hybridized carbons (Fsp3) is 0.333. The summed E-state index contributed by atoms with van der Waals surface area (Å²) in [6, 6.07) is 8.17. The molecule has 2 N–H and O–H groups in total. The average Bonchev–Trinajstić information content (AvgIpc) is 2.45. The summed E-state index contributed by atoms with van der Waals surface area (Å²) in [5, 5.41) is 14.3. The summed E-state index contributed by atoms with van der Waals surface area (Å²) in [4.78, 5) is 11.6. The number of carbonyl (C=O) groups is 1. The molecule has 5 heteroatoms. The van der Waals surface area contributed by atoms with E-state index in [0.717, 1.165) is 12.8 Å². The van der Waals surface area contributed by atoms with Gasteiger partial charge in [0.1, 0.15) is 17.5 Å². The van der Waals surface area contributed by atoms with E-state index in [1.54, 1.807) is 18.2 Å². The monoisotopic (exact) mass is 275 g/mol. The highest BCUT2D eigenvalue weighted by Crippen LogP contribution is 2.05. The molecule has 4 nitrogen and oxygen atoms in total. The van der Waals surface area contributed by atoms with E-state index in [0.29, 0.717) is 12.1 Å². The van der Waals surface area contributed by atoms with Crippen LogP contribution in [-0.4, -0.2) is 12.5 Å². The number of nitrogens with zero attached hydrogens (tertiary/aromatic N) is 1. The van der Waals surface area contributed by atoms with Crippen molar-refractivity contribution in [2.75, 3.05) is 6.54 Å². The summed E-state index contributed by atoms with van der Waals surface area (Å²) < 4.78 is 13.4. The van der Waals surface area contributed by atoms with Crippen LogP contribution in [0.1, 0.15) is 25.3 Å². The van der Waals surface area contributed by atoms with Crippen molar-refractivity contribution in [3.05, 3.63) is 47.4 Å². The molecule has 0 atom stereocenters. The molecule has 0 saturated carbocycles. The van der Waals surface area contributed by atoms with Crippen LogP contribution < -0.4 is 10.6 Å². The van der Waals surface area contributed by atoms with Crippen molar-refractivity contribution in [3.8, 4) is 6.07 Å². The second-order valence-electron chi connectivity index (χ2n) is 4.25. The Labute approximate surface area is 118 Å². The van der Waals surface area contributed by atoms with Crippen LogP contribution in [0.15, 0.2) is 36.0 Å². The lowest BCUT2D eigenvalue weighted by atomic mass is 10.2. The van der Waals surface area contributed by atoms with E-state index >= 15 is 0 Å². The molecule has 0 aliphatic heterocycles. The van der Waals surface area contributed by atoms with Gasteiger partial charge < -0.3 is 10.6 Å². The Balaban J connectivity index is 2.52. The first-order valence-corrected chi connectivity index (χ1v) is 6.54. The third kappa shape index (κ3) is 5.11. The number of nitriles is 1. The highest BCUT2D eigenvalue weighted by atomic mass is 19.1. The Morgan fingerprint density at radius 2 is 2.20 bits per heavy atom. The van der Waals surface area contributed by atoms with Crippen molar-refractivity contribution in [3.63, 3.8) is 0 Å². The van der Waals surface area contributed by atoms with Gasteiger partial charge in [0.25, 0.3) is 5.91 Å². The first kappa shape index (κ1) is 15.7. The fourth-order valence-electron chi connectivity index (χ4n) is 1.53. The molecule has 20 heavy (non-hydrogen) atoms. The molecule has 1 aromatic rings. The molecule has 0 aliphatic rings. The molecule has 1 amide bonds.